The maximum Gasteiger partial charge on any atom is 0.490 e. The first-order valence-corrected chi connectivity index (χ1v) is 10.3. The molecule has 1 amide bonds. The molecular weight excluding hydrogens is 443 g/mol. The largest absolute Gasteiger partial charge is 0.490 e. The van der Waals surface area contributed by atoms with Crippen LogP contribution in [0.5, 0.6) is 0 Å². The smallest absolute Gasteiger partial charge is 0.475 e. The average molecular weight is 471 g/mol. The van der Waals surface area contributed by atoms with E-state index >= 15 is 0 Å². The lowest BCUT2D eigenvalue weighted by molar-refractivity contribution is -0.192. The number of aliphatic carboxylic acids is 1. The van der Waals surface area contributed by atoms with E-state index in [0.717, 1.165) is 22.8 Å². The molecule has 33 heavy (non-hydrogen) atoms. The molecule has 0 bridgehead atoms. The summed E-state index contributed by atoms with van der Waals surface area (Å²) in [6.45, 7) is 7.79. The molecule has 0 aromatic carbocycles. The van der Waals surface area contributed by atoms with Crippen molar-refractivity contribution in [2.24, 2.45) is 11.1 Å². The van der Waals surface area contributed by atoms with Crippen molar-refractivity contribution in [3.05, 3.63) is 41.6 Å². The Morgan fingerprint density at radius 1 is 1.27 bits per heavy atom. The van der Waals surface area contributed by atoms with Gasteiger partial charge in [-0.1, -0.05) is 6.07 Å². The number of alkyl halides is 3. The summed E-state index contributed by atoms with van der Waals surface area (Å²) in [5.41, 5.74) is 8.30. The average Bonchev–Trinajstić information content (AvgIpc) is 3.11. The molecule has 0 aliphatic carbocycles. The first-order chi connectivity index (χ1) is 15.4. The van der Waals surface area contributed by atoms with Crippen molar-refractivity contribution >= 4 is 11.9 Å². The van der Waals surface area contributed by atoms with Crippen molar-refractivity contribution in [2.45, 2.75) is 45.8 Å². The van der Waals surface area contributed by atoms with Gasteiger partial charge in [0.1, 0.15) is 12.1 Å². The van der Waals surface area contributed by atoms with Gasteiger partial charge in [0.25, 0.3) is 0 Å². The van der Waals surface area contributed by atoms with E-state index in [4.69, 9.17) is 20.4 Å². The quantitative estimate of drug-likeness (QED) is 0.590. The molecule has 3 rings (SSSR count). The van der Waals surface area contributed by atoms with Gasteiger partial charge in [0.15, 0.2) is 0 Å². The number of carbonyl (C=O) groups excluding carboxylic acids is 1. The summed E-state index contributed by atoms with van der Waals surface area (Å²) in [6.07, 6.45) is -0.101. The zero-order chi connectivity index (χ0) is 24.8. The van der Waals surface area contributed by atoms with Crippen LogP contribution < -0.4 is 11.1 Å². The van der Waals surface area contributed by atoms with Crippen molar-refractivity contribution in [1.82, 2.24) is 19.9 Å². The summed E-state index contributed by atoms with van der Waals surface area (Å²) in [4.78, 5) is 29.7. The van der Waals surface area contributed by atoms with Gasteiger partial charge in [-0.15, -0.1) is 0 Å². The lowest BCUT2D eigenvalue weighted by Crippen LogP contribution is -2.48. The first kappa shape index (κ1) is 26.3. The number of pyridine rings is 1. The van der Waals surface area contributed by atoms with Crippen LogP contribution in [0.15, 0.2) is 24.7 Å². The molecule has 0 saturated carbocycles. The third-order valence-electron chi connectivity index (χ3n) is 5.73. The van der Waals surface area contributed by atoms with E-state index in [2.05, 4.69) is 28.3 Å². The number of primary amides is 1. The number of ether oxygens (including phenoxy) is 1. The number of carboxylic acids is 1. The summed E-state index contributed by atoms with van der Waals surface area (Å²) in [5, 5.41) is 10.6. The van der Waals surface area contributed by atoms with Gasteiger partial charge in [-0.2, -0.15) is 13.2 Å². The first-order valence-electron chi connectivity index (χ1n) is 10.3. The SMILES string of the molecule is Cc1ncn(-c2ccc(C(C)NCC3(C(N)=O)CCOCC3)cn2)c1C.O=C(O)C(F)(F)F. The third-order valence-corrected chi connectivity index (χ3v) is 5.73. The van der Waals surface area contributed by atoms with E-state index in [-0.39, 0.29) is 11.9 Å². The highest BCUT2D eigenvalue weighted by atomic mass is 19.4. The normalized spacial score (nSPS) is 16.4. The highest BCUT2D eigenvalue weighted by Gasteiger charge is 2.39. The predicted molar refractivity (Wildman–Crippen MR) is 113 cm³/mol. The van der Waals surface area contributed by atoms with Crippen LogP contribution in [-0.4, -0.2) is 57.5 Å². The van der Waals surface area contributed by atoms with Gasteiger partial charge in [0, 0.05) is 37.7 Å². The van der Waals surface area contributed by atoms with Gasteiger partial charge in [-0.25, -0.2) is 14.8 Å². The Hall–Kier alpha value is -2.99. The maximum absolute atomic E-state index is 12.0. The third kappa shape index (κ3) is 6.75. The standard InChI is InChI=1S/C19H27N5O2.C2HF3O2/c1-13-15(3)24(12-23-13)17-5-4-16(10-21-17)14(2)22-11-19(18(20)25)6-8-26-9-7-19;3-2(4,5)1(6)7/h4-5,10,12,14,22H,6-9,11H2,1-3H3,(H2,20,25);(H,6,7). The van der Waals surface area contributed by atoms with Crippen LogP contribution in [0.3, 0.4) is 0 Å². The van der Waals surface area contributed by atoms with Crippen molar-refractivity contribution in [3.8, 4) is 5.82 Å². The zero-order valence-corrected chi connectivity index (χ0v) is 18.6. The second-order valence-corrected chi connectivity index (χ2v) is 7.90. The van der Waals surface area contributed by atoms with Crippen LogP contribution in [-0.2, 0) is 14.3 Å². The number of imidazole rings is 1. The second kappa shape index (κ2) is 10.8. The van der Waals surface area contributed by atoms with Crippen molar-refractivity contribution in [3.63, 3.8) is 0 Å². The number of halogens is 3. The van der Waals surface area contributed by atoms with Gasteiger partial charge >= 0.3 is 12.1 Å². The molecule has 0 radical (unpaired) electrons. The number of hydrogen-bond donors (Lipinski definition) is 3. The van der Waals surface area contributed by atoms with Gasteiger partial charge < -0.3 is 20.9 Å². The minimum atomic E-state index is -5.08. The number of amides is 1. The minimum Gasteiger partial charge on any atom is -0.475 e. The van der Waals surface area contributed by atoms with Crippen LogP contribution in [0.25, 0.3) is 5.82 Å². The number of hydrogen-bond acceptors (Lipinski definition) is 6. The summed E-state index contributed by atoms with van der Waals surface area (Å²) in [7, 11) is 0. The minimum absolute atomic E-state index is 0.0706. The van der Waals surface area contributed by atoms with E-state index in [9.17, 15) is 18.0 Å². The number of aromatic nitrogens is 3. The van der Waals surface area contributed by atoms with Crippen LogP contribution in [0.4, 0.5) is 13.2 Å². The predicted octanol–water partition coefficient (Wildman–Crippen LogP) is 2.45. The second-order valence-electron chi connectivity index (χ2n) is 7.90. The topological polar surface area (TPSA) is 132 Å². The fourth-order valence-corrected chi connectivity index (χ4v) is 3.26. The lowest BCUT2D eigenvalue weighted by Gasteiger charge is -2.35. The van der Waals surface area contributed by atoms with Crippen LogP contribution in [0.2, 0.25) is 0 Å². The van der Waals surface area contributed by atoms with E-state index in [1.54, 1.807) is 6.33 Å². The molecule has 9 nitrogen and oxygen atoms in total. The number of carbonyl (C=O) groups is 2. The molecule has 12 heteroatoms. The van der Waals surface area contributed by atoms with Crippen LogP contribution in [0, 0.1) is 19.3 Å². The van der Waals surface area contributed by atoms with Gasteiger partial charge in [-0.3, -0.25) is 9.36 Å². The molecule has 1 aliphatic rings. The molecule has 2 aromatic rings. The summed E-state index contributed by atoms with van der Waals surface area (Å²) < 4.78 is 39.1. The molecular formula is C21H28F3N5O4. The fraction of sp³-hybridized carbons (Fsp3) is 0.524. The van der Waals surface area contributed by atoms with E-state index in [1.165, 1.54) is 0 Å². The molecule has 3 heterocycles. The summed E-state index contributed by atoms with van der Waals surface area (Å²) in [6, 6.07) is 4.11. The number of carboxylic acid groups (broad SMARTS) is 1. The molecule has 1 saturated heterocycles. The molecule has 1 atom stereocenters. The molecule has 4 N–H and O–H groups in total. The highest BCUT2D eigenvalue weighted by molar-refractivity contribution is 5.81. The van der Waals surface area contributed by atoms with Crippen molar-refractivity contribution < 1.29 is 32.6 Å². The van der Waals surface area contributed by atoms with Gasteiger partial charge in [-0.05, 0) is 45.2 Å². The van der Waals surface area contributed by atoms with Crippen LogP contribution >= 0.6 is 0 Å². The number of nitrogens with two attached hydrogens (primary N) is 1. The number of nitrogens with one attached hydrogen (secondary N) is 1. The molecule has 0 spiro atoms. The monoisotopic (exact) mass is 471 g/mol. The highest BCUT2D eigenvalue weighted by Crippen LogP contribution is 2.30. The fourth-order valence-electron chi connectivity index (χ4n) is 3.26. The molecule has 2 aromatic heterocycles. The lowest BCUT2D eigenvalue weighted by atomic mass is 9.79. The summed E-state index contributed by atoms with van der Waals surface area (Å²) in [5.74, 6) is -2.16. The number of nitrogens with zero attached hydrogens (tertiary/aromatic N) is 3. The zero-order valence-electron chi connectivity index (χ0n) is 18.6. The van der Waals surface area contributed by atoms with Gasteiger partial charge in [0.05, 0.1) is 11.1 Å². The number of rotatable bonds is 6. The number of aryl methyl sites for hydroxylation is 1. The van der Waals surface area contributed by atoms with Crippen molar-refractivity contribution in [2.75, 3.05) is 19.8 Å². The Kier molecular flexibility index (Phi) is 8.56. The Morgan fingerprint density at radius 2 is 1.88 bits per heavy atom. The Balaban J connectivity index is 0.000000479. The Bertz CT molecular complexity index is 954. The molecule has 1 unspecified atom stereocenters. The van der Waals surface area contributed by atoms with E-state index in [1.807, 2.05) is 30.7 Å². The Morgan fingerprint density at radius 3 is 2.30 bits per heavy atom. The van der Waals surface area contributed by atoms with E-state index < -0.39 is 17.6 Å². The molecule has 1 fully saturated rings. The maximum atomic E-state index is 12.0. The summed E-state index contributed by atoms with van der Waals surface area (Å²) >= 11 is 0. The molecule has 182 valence electrons. The van der Waals surface area contributed by atoms with Gasteiger partial charge in [0.2, 0.25) is 5.91 Å². The Labute approximate surface area is 189 Å². The van der Waals surface area contributed by atoms with Crippen molar-refractivity contribution in [1.29, 1.82) is 0 Å². The van der Waals surface area contributed by atoms with Crippen LogP contribution in [0.1, 0.15) is 42.8 Å². The van der Waals surface area contributed by atoms with E-state index in [0.29, 0.717) is 32.6 Å². The molecule has 1 aliphatic heterocycles.